The van der Waals surface area contributed by atoms with Crippen LogP contribution in [-0.2, 0) is 17.5 Å². The number of fused-ring (bicyclic) bond motifs is 1. The van der Waals surface area contributed by atoms with Gasteiger partial charge in [-0.05, 0) is 50.1 Å². The van der Waals surface area contributed by atoms with E-state index in [0.29, 0.717) is 15.8 Å². The van der Waals surface area contributed by atoms with Crippen molar-refractivity contribution in [3.63, 3.8) is 0 Å². The normalized spacial score (nSPS) is 31.1. The first-order valence-electron chi connectivity index (χ1n) is 11.3. The second-order valence-electron chi connectivity index (χ2n) is 4.65. The Morgan fingerprint density at radius 3 is 3.33 bits per heavy atom. The fraction of sp³-hybridized carbons (Fsp3) is 0.438. The van der Waals surface area contributed by atoms with Gasteiger partial charge in [-0.25, -0.2) is 4.79 Å². The van der Waals surface area contributed by atoms with Crippen LogP contribution in [0.15, 0.2) is 24.4 Å². The molecule has 0 radical (unpaired) electrons. The van der Waals surface area contributed by atoms with Crippen LogP contribution >= 0.6 is 0 Å². The van der Waals surface area contributed by atoms with Crippen LogP contribution in [0, 0.1) is 0 Å². The highest BCUT2D eigenvalue weighted by Crippen LogP contribution is 2.21. The minimum atomic E-state index is -2.68. The lowest BCUT2D eigenvalue weighted by Crippen LogP contribution is -2.28. The summed E-state index contributed by atoms with van der Waals surface area (Å²) in [7, 11) is 1.13. The lowest BCUT2D eigenvalue weighted by Gasteiger charge is -2.09. The summed E-state index contributed by atoms with van der Waals surface area (Å²) in [6.07, 6.45) is -2.76. The number of likely N-dealkylation sites (N-methyl/N-ethyl adjacent to an activating group) is 1. The van der Waals surface area contributed by atoms with Crippen molar-refractivity contribution in [1.82, 2.24) is 15.2 Å². The predicted molar refractivity (Wildman–Crippen MR) is 82.5 cm³/mol. The average molecular weight is 297 g/mol. The van der Waals surface area contributed by atoms with E-state index >= 15 is 0 Å². The summed E-state index contributed by atoms with van der Waals surface area (Å²) >= 11 is 0. The van der Waals surface area contributed by atoms with Crippen LogP contribution in [0.2, 0.25) is 2.82 Å². The fourth-order valence-electron chi connectivity index (χ4n) is 2.08. The van der Waals surface area contributed by atoms with Crippen molar-refractivity contribution in [3.8, 4) is 0 Å². The topological polar surface area (TPSA) is 57.4 Å². The average Bonchev–Trinajstić information content (AvgIpc) is 3.11. The third-order valence-corrected chi connectivity index (χ3v) is 3.06. The van der Waals surface area contributed by atoms with Gasteiger partial charge in [0.1, 0.15) is 6.61 Å². The van der Waals surface area contributed by atoms with Crippen molar-refractivity contribution in [2.45, 2.75) is 18.8 Å². The molecule has 0 spiro atoms. The molecule has 5 heteroatoms. The van der Waals surface area contributed by atoms with Gasteiger partial charge in [0.05, 0.1) is 7.39 Å². The Labute approximate surface area is 138 Å². The van der Waals surface area contributed by atoms with E-state index in [4.69, 9.17) is 13.8 Å². The van der Waals surface area contributed by atoms with E-state index in [1.807, 2.05) is 0 Å². The third kappa shape index (κ3) is 3.19. The van der Waals surface area contributed by atoms with E-state index in [0.717, 1.165) is 12.0 Å². The number of cyclic esters (lactones) is 1. The van der Waals surface area contributed by atoms with Crippen molar-refractivity contribution in [2.75, 3.05) is 27.1 Å². The second kappa shape index (κ2) is 5.77. The van der Waals surface area contributed by atoms with Crippen molar-refractivity contribution < 1.29 is 23.3 Å². The minimum absolute atomic E-state index is 0.0669. The number of aromatic nitrogens is 1. The van der Waals surface area contributed by atoms with Gasteiger partial charge >= 0.3 is 6.09 Å². The smallest absolute Gasteiger partial charge is 0.407 e. The van der Waals surface area contributed by atoms with Crippen LogP contribution in [0.3, 0.4) is 0 Å². The number of hydrogen-bond donors (Lipinski definition) is 2. The number of alkyl carbamates (subject to hydrolysis) is 1. The fourth-order valence-corrected chi connectivity index (χ4v) is 2.08. The SMILES string of the molecule is [2H]N1C(=O)OC[C@]1([2H])C([2H])([2H])c1ccc2c(c1)c(CC([2H])([2H])N(C)C([2H])([2H])[2H])cn2[2H]. The Morgan fingerprint density at radius 1 is 1.67 bits per heavy atom. The van der Waals surface area contributed by atoms with Crippen LogP contribution in [-0.4, -0.2) is 49.1 Å². The number of rotatable bonds is 5. The first-order chi connectivity index (χ1) is 14.0. The number of hydrogen-bond acceptors (Lipinski definition) is 3. The van der Waals surface area contributed by atoms with Crippen LogP contribution in [0.5, 0.6) is 0 Å². The maximum Gasteiger partial charge on any atom is 0.407 e. The largest absolute Gasteiger partial charge is 0.447 e. The molecule has 1 amide bonds. The zero-order valence-electron chi connectivity index (χ0n) is 21.4. The van der Waals surface area contributed by atoms with E-state index in [1.165, 1.54) is 24.4 Å². The van der Waals surface area contributed by atoms with Gasteiger partial charge in [0, 0.05) is 33.2 Å². The number of benzene rings is 1. The molecular formula is C16H21N3O2. The van der Waals surface area contributed by atoms with Crippen molar-refractivity contribution in [2.24, 2.45) is 0 Å². The van der Waals surface area contributed by atoms with Gasteiger partial charge in [-0.1, -0.05) is 6.07 Å². The zero-order valence-corrected chi connectivity index (χ0v) is 11.4. The number of amides is 1. The van der Waals surface area contributed by atoms with Crippen LogP contribution in [0.1, 0.15) is 22.1 Å². The second-order valence-corrected chi connectivity index (χ2v) is 4.65. The van der Waals surface area contributed by atoms with Gasteiger partial charge in [0.25, 0.3) is 0 Å². The highest BCUT2D eigenvalue weighted by molar-refractivity contribution is 5.84. The van der Waals surface area contributed by atoms with Gasteiger partial charge < -0.3 is 19.9 Å². The molecule has 112 valence electrons. The van der Waals surface area contributed by atoms with Crippen molar-refractivity contribution >= 4 is 17.0 Å². The molecule has 0 saturated carbocycles. The Morgan fingerprint density at radius 2 is 2.57 bits per heavy atom. The lowest BCUT2D eigenvalue weighted by atomic mass is 10.0. The highest BCUT2D eigenvalue weighted by Gasteiger charge is 2.22. The number of carbonyl (C=O) groups is 1. The first-order valence-corrected chi connectivity index (χ1v) is 6.36. The van der Waals surface area contributed by atoms with Crippen LogP contribution < -0.4 is 5.31 Å². The van der Waals surface area contributed by atoms with Gasteiger partial charge in [-0.15, -0.1) is 0 Å². The highest BCUT2D eigenvalue weighted by atomic mass is 16.6. The monoisotopic (exact) mass is 297 g/mol. The summed E-state index contributed by atoms with van der Waals surface area (Å²) in [6.45, 7) is -5.64. The van der Waals surface area contributed by atoms with Gasteiger partial charge in [-0.3, -0.25) is 0 Å². The first kappa shape index (κ1) is 6.40. The molecule has 1 fully saturated rings. The number of ether oxygens (including phenoxy) is 1. The zero-order chi connectivity index (χ0) is 23.6. The number of aromatic amines is 1. The summed E-state index contributed by atoms with van der Waals surface area (Å²) in [5.41, 5.74) is 0.523. The molecule has 1 aromatic carbocycles. The Balaban J connectivity index is 2.06. The lowest BCUT2D eigenvalue weighted by molar-refractivity contribution is 0.177. The third-order valence-electron chi connectivity index (χ3n) is 3.06. The molecule has 21 heavy (non-hydrogen) atoms. The van der Waals surface area contributed by atoms with Gasteiger partial charge in [0.2, 0.25) is 0 Å². The summed E-state index contributed by atoms with van der Waals surface area (Å²) in [6, 6.07) is 1.72. The minimum Gasteiger partial charge on any atom is -0.447 e. The molecule has 1 aromatic heterocycles. The summed E-state index contributed by atoms with van der Waals surface area (Å²) < 4.78 is 84.3. The molecule has 1 aliphatic rings. The number of nitrogens with one attached hydrogen (secondary N) is 2. The van der Waals surface area contributed by atoms with Crippen molar-refractivity contribution in [3.05, 3.63) is 35.5 Å². The number of nitrogens with zero attached hydrogens (tertiary/aromatic N) is 1. The molecule has 2 aromatic rings. The Kier molecular flexibility index (Phi) is 1.76. The van der Waals surface area contributed by atoms with Gasteiger partial charge in [0.15, 0.2) is 2.82 Å². The molecule has 0 bridgehead atoms. The standard InChI is InChI=1S/C16H21N3O2/c1-19(2)6-5-12-9-17-15-4-3-11(8-14(12)15)7-13-10-21-16(20)18-13/h3-4,8-9,13,17H,5-7,10H2,1-2H3,(H,18,20)/t13-/m0/s1/i1D3,6D2,7D2,13D/hD2. The summed E-state index contributed by atoms with van der Waals surface area (Å²) in [4.78, 5) is 13.1. The predicted octanol–water partition coefficient (Wildman–Crippen LogP) is 1.92. The molecule has 1 saturated heterocycles. The molecule has 2 N–H and O–H groups in total. The number of H-pyrrole nitrogens is 1. The van der Waals surface area contributed by atoms with E-state index in [2.05, 4.69) is 4.74 Å². The maximum atomic E-state index is 11.5. The van der Waals surface area contributed by atoms with Crippen LogP contribution in [0.4, 0.5) is 4.79 Å². The Bertz CT molecular complexity index is 1020. The van der Waals surface area contributed by atoms with Crippen LogP contribution in [0.25, 0.3) is 10.9 Å². The quantitative estimate of drug-likeness (QED) is 0.886. The van der Waals surface area contributed by atoms with E-state index in [-0.39, 0.29) is 16.4 Å². The van der Waals surface area contributed by atoms with E-state index in [9.17, 15) is 4.79 Å². The Hall–Kier alpha value is -2.01. The molecule has 1 aliphatic heterocycles. The van der Waals surface area contributed by atoms with E-state index in [1.54, 1.807) is 0 Å². The molecule has 0 aliphatic carbocycles. The van der Waals surface area contributed by atoms with E-state index < -0.39 is 45.0 Å². The summed E-state index contributed by atoms with van der Waals surface area (Å²) in [5.74, 6) is 0. The molecule has 0 unspecified atom stereocenters. The maximum absolute atomic E-state index is 11.5. The molecule has 5 nitrogen and oxygen atoms in total. The van der Waals surface area contributed by atoms with Crippen molar-refractivity contribution in [1.29, 1.82) is 0 Å². The van der Waals surface area contributed by atoms with Gasteiger partial charge in [-0.2, -0.15) is 0 Å². The molecule has 1 atom stereocenters. The number of aryl methyl sites for hydroxylation is 1. The summed E-state index contributed by atoms with van der Waals surface area (Å²) in [5, 5.41) is 0.432. The molecular weight excluding hydrogens is 266 g/mol. The molecule has 2 heterocycles. The molecule has 3 rings (SSSR count). The number of carbonyl (C=O) groups excluding carboxylic acids is 1.